The van der Waals surface area contributed by atoms with Crippen molar-refractivity contribution in [3.8, 4) is 11.5 Å². The molecular formula is C30H25FN2O5S. The Balaban J connectivity index is 1.61. The molecule has 1 aliphatic heterocycles. The van der Waals surface area contributed by atoms with Gasteiger partial charge in [-0.05, 0) is 54.0 Å². The summed E-state index contributed by atoms with van der Waals surface area (Å²) in [6.45, 7) is 1.78. The summed E-state index contributed by atoms with van der Waals surface area (Å²) in [5.74, 6) is 0.0846. The second kappa shape index (κ2) is 11.1. The monoisotopic (exact) mass is 544 g/mol. The molecule has 5 rings (SSSR count). The van der Waals surface area contributed by atoms with Crippen molar-refractivity contribution >= 4 is 23.4 Å². The van der Waals surface area contributed by atoms with Gasteiger partial charge >= 0.3 is 5.97 Å². The van der Waals surface area contributed by atoms with Crippen molar-refractivity contribution in [2.24, 2.45) is 4.99 Å². The minimum Gasteiger partial charge on any atom is -0.493 e. The highest BCUT2D eigenvalue weighted by Crippen LogP contribution is 2.31. The van der Waals surface area contributed by atoms with Crippen molar-refractivity contribution < 1.29 is 23.4 Å². The third-order valence-electron chi connectivity index (χ3n) is 6.35. The number of benzene rings is 3. The first-order chi connectivity index (χ1) is 18.9. The summed E-state index contributed by atoms with van der Waals surface area (Å²) in [5, 5.41) is 0. The number of halogens is 1. The zero-order valence-corrected chi connectivity index (χ0v) is 22.3. The molecule has 0 N–H and O–H groups in total. The fourth-order valence-electron chi connectivity index (χ4n) is 4.44. The molecule has 1 atom stereocenters. The second-order valence-electron chi connectivity index (χ2n) is 8.81. The highest BCUT2D eigenvalue weighted by Gasteiger charge is 2.33. The number of hydrogen-bond donors (Lipinski definition) is 0. The van der Waals surface area contributed by atoms with Gasteiger partial charge in [-0.1, -0.05) is 59.9 Å². The van der Waals surface area contributed by atoms with Crippen LogP contribution in [0.1, 0.15) is 29.7 Å². The van der Waals surface area contributed by atoms with E-state index in [0.717, 1.165) is 11.1 Å². The lowest BCUT2D eigenvalue weighted by atomic mass is 9.96. The van der Waals surface area contributed by atoms with Gasteiger partial charge in [-0.15, -0.1) is 0 Å². The zero-order valence-electron chi connectivity index (χ0n) is 21.5. The minimum atomic E-state index is -0.835. The first kappa shape index (κ1) is 26.1. The zero-order chi connectivity index (χ0) is 27.5. The summed E-state index contributed by atoms with van der Waals surface area (Å²) in [4.78, 5) is 32.2. The summed E-state index contributed by atoms with van der Waals surface area (Å²) < 4.78 is 32.0. The van der Waals surface area contributed by atoms with Gasteiger partial charge in [-0.2, -0.15) is 0 Å². The first-order valence-corrected chi connectivity index (χ1v) is 12.9. The van der Waals surface area contributed by atoms with Gasteiger partial charge in [0.2, 0.25) is 0 Å². The van der Waals surface area contributed by atoms with Gasteiger partial charge in [0.15, 0.2) is 16.3 Å². The van der Waals surface area contributed by atoms with Crippen LogP contribution in [0.5, 0.6) is 11.5 Å². The number of aromatic nitrogens is 1. The number of hydrogen-bond acceptors (Lipinski definition) is 7. The number of methoxy groups -OCH3 is 2. The molecule has 0 spiro atoms. The van der Waals surface area contributed by atoms with Crippen LogP contribution in [-0.2, 0) is 16.1 Å². The van der Waals surface area contributed by atoms with Crippen molar-refractivity contribution in [3.05, 3.63) is 126 Å². The lowest BCUT2D eigenvalue weighted by molar-refractivity contribution is -0.140. The number of ether oxygens (including phenoxy) is 3. The van der Waals surface area contributed by atoms with Crippen molar-refractivity contribution in [3.63, 3.8) is 0 Å². The quantitative estimate of drug-likeness (QED) is 0.327. The highest BCUT2D eigenvalue weighted by atomic mass is 32.1. The molecule has 3 aromatic carbocycles. The molecule has 1 aliphatic rings. The average Bonchev–Trinajstić information content (AvgIpc) is 3.25. The van der Waals surface area contributed by atoms with Crippen LogP contribution in [0.15, 0.2) is 93.9 Å². The summed E-state index contributed by atoms with van der Waals surface area (Å²) >= 11 is 1.21. The van der Waals surface area contributed by atoms with Crippen LogP contribution in [0.4, 0.5) is 4.39 Å². The maximum atomic E-state index is 13.8. The Morgan fingerprint density at radius 3 is 2.44 bits per heavy atom. The molecule has 39 heavy (non-hydrogen) atoms. The Morgan fingerprint density at radius 1 is 1.03 bits per heavy atom. The molecule has 0 bridgehead atoms. The van der Waals surface area contributed by atoms with Gasteiger partial charge < -0.3 is 14.2 Å². The fraction of sp³-hybridized carbons (Fsp3) is 0.167. The number of thiazole rings is 1. The number of allylic oxidation sites excluding steroid dienone is 1. The third kappa shape index (κ3) is 5.26. The van der Waals surface area contributed by atoms with E-state index >= 15 is 0 Å². The Morgan fingerprint density at radius 2 is 1.74 bits per heavy atom. The van der Waals surface area contributed by atoms with Gasteiger partial charge in [0, 0.05) is 0 Å². The van der Waals surface area contributed by atoms with Crippen molar-refractivity contribution in [2.75, 3.05) is 14.2 Å². The molecule has 0 aliphatic carbocycles. The maximum absolute atomic E-state index is 13.8. The Hall–Kier alpha value is -4.50. The van der Waals surface area contributed by atoms with Crippen LogP contribution in [0, 0.1) is 5.82 Å². The third-order valence-corrected chi connectivity index (χ3v) is 7.33. The summed E-state index contributed by atoms with van der Waals surface area (Å²) in [6, 6.07) is 19.6. The molecule has 2 heterocycles. The van der Waals surface area contributed by atoms with Crippen LogP contribution in [0.25, 0.3) is 6.08 Å². The molecule has 1 aromatic heterocycles. The molecule has 0 amide bonds. The summed E-state index contributed by atoms with van der Waals surface area (Å²) in [5.41, 5.74) is 2.45. The van der Waals surface area contributed by atoms with Gasteiger partial charge in [0.1, 0.15) is 12.4 Å². The lowest BCUT2D eigenvalue weighted by Crippen LogP contribution is -2.39. The Labute approximate surface area is 227 Å². The van der Waals surface area contributed by atoms with E-state index in [0.29, 0.717) is 32.1 Å². The largest absolute Gasteiger partial charge is 0.493 e. The van der Waals surface area contributed by atoms with Gasteiger partial charge in [0.05, 0.1) is 36.1 Å². The van der Waals surface area contributed by atoms with E-state index in [9.17, 15) is 14.0 Å². The number of carbonyl (C=O) groups is 1. The van der Waals surface area contributed by atoms with Crippen LogP contribution in [0.3, 0.4) is 0 Å². The maximum Gasteiger partial charge on any atom is 0.338 e. The molecule has 7 nitrogen and oxygen atoms in total. The average molecular weight is 545 g/mol. The molecule has 0 saturated carbocycles. The standard InChI is InChI=1S/C30H25FN2O5S/c1-18-26(29(35)38-17-19-7-5-4-6-8-19)27(21-10-12-22(31)13-11-21)33-28(34)25(39-30(33)32-18)16-20-9-14-23(36-2)24(15-20)37-3/h4-16,27H,17H2,1-3H3/b25-16+. The number of carbonyl (C=O) groups excluding carboxylic acids is 1. The van der Waals surface area contributed by atoms with Gasteiger partial charge in [-0.25, -0.2) is 14.2 Å². The predicted octanol–water partition coefficient (Wildman–Crippen LogP) is 4.13. The van der Waals surface area contributed by atoms with Gasteiger partial charge in [-0.3, -0.25) is 9.36 Å². The van der Waals surface area contributed by atoms with Crippen molar-refractivity contribution in [1.29, 1.82) is 0 Å². The SMILES string of the molecule is COc1ccc(/C=c2/sc3n(c2=O)C(c2ccc(F)cc2)C(C(=O)OCc2ccccc2)=C(C)N=3)cc1OC. The predicted molar refractivity (Wildman–Crippen MR) is 146 cm³/mol. The Bertz CT molecular complexity index is 1740. The molecule has 0 saturated heterocycles. The van der Waals surface area contributed by atoms with Crippen LogP contribution < -0.4 is 24.4 Å². The first-order valence-electron chi connectivity index (χ1n) is 12.1. The van der Waals surface area contributed by atoms with E-state index in [-0.39, 0.29) is 17.7 Å². The van der Waals surface area contributed by atoms with Crippen LogP contribution in [-0.4, -0.2) is 24.8 Å². The fourth-order valence-corrected chi connectivity index (χ4v) is 5.48. The number of rotatable bonds is 7. The molecule has 0 fully saturated rings. The van der Waals surface area contributed by atoms with E-state index in [4.69, 9.17) is 14.2 Å². The van der Waals surface area contributed by atoms with E-state index < -0.39 is 17.8 Å². The number of nitrogens with zero attached hydrogens (tertiary/aromatic N) is 2. The van der Waals surface area contributed by atoms with Crippen LogP contribution in [0.2, 0.25) is 0 Å². The Kier molecular flexibility index (Phi) is 7.42. The van der Waals surface area contributed by atoms with Crippen molar-refractivity contribution in [1.82, 2.24) is 4.57 Å². The topological polar surface area (TPSA) is 79.1 Å². The molecular weight excluding hydrogens is 519 g/mol. The molecule has 4 aromatic rings. The number of fused-ring (bicyclic) bond motifs is 1. The highest BCUT2D eigenvalue weighted by molar-refractivity contribution is 7.07. The van der Waals surface area contributed by atoms with E-state index in [1.165, 1.54) is 28.0 Å². The lowest BCUT2D eigenvalue weighted by Gasteiger charge is -2.24. The van der Waals surface area contributed by atoms with E-state index in [2.05, 4.69) is 4.99 Å². The second-order valence-corrected chi connectivity index (χ2v) is 9.82. The molecule has 0 radical (unpaired) electrons. The smallest absolute Gasteiger partial charge is 0.338 e. The van der Waals surface area contributed by atoms with Crippen LogP contribution >= 0.6 is 11.3 Å². The van der Waals surface area contributed by atoms with E-state index in [1.807, 2.05) is 36.4 Å². The summed E-state index contributed by atoms with van der Waals surface area (Å²) in [7, 11) is 3.09. The number of esters is 1. The molecule has 198 valence electrons. The molecule has 9 heteroatoms. The summed E-state index contributed by atoms with van der Waals surface area (Å²) in [6.07, 6.45) is 1.74. The van der Waals surface area contributed by atoms with Crippen molar-refractivity contribution in [2.45, 2.75) is 19.6 Å². The minimum absolute atomic E-state index is 0.0658. The van der Waals surface area contributed by atoms with E-state index in [1.54, 1.807) is 51.5 Å². The normalized spacial score (nSPS) is 15.0. The molecule has 1 unspecified atom stereocenters. The van der Waals surface area contributed by atoms with Gasteiger partial charge in [0.25, 0.3) is 5.56 Å².